The number of fused-ring (bicyclic) bond motifs is 5. The van der Waals surface area contributed by atoms with E-state index in [1.54, 1.807) is 6.08 Å². The molecule has 8 heteroatoms. The number of nitrogens with one attached hydrogen (secondary N) is 1. The van der Waals surface area contributed by atoms with Crippen LogP contribution in [0.4, 0.5) is 0 Å². The Morgan fingerprint density at radius 2 is 1.88 bits per heavy atom. The molecule has 0 spiro atoms. The van der Waals surface area contributed by atoms with Crippen LogP contribution in [0.1, 0.15) is 104 Å². The van der Waals surface area contributed by atoms with E-state index >= 15 is 0 Å². The number of aliphatic hydroxyl groups is 2. The second kappa shape index (κ2) is 11.8. The summed E-state index contributed by atoms with van der Waals surface area (Å²) in [5.74, 6) is -1.02. The Kier molecular flexibility index (Phi) is 8.64. The lowest BCUT2D eigenvalue weighted by molar-refractivity contribution is -0.184. The minimum absolute atomic E-state index is 0.00510. The van der Waals surface area contributed by atoms with Gasteiger partial charge in [-0.1, -0.05) is 31.1 Å². The van der Waals surface area contributed by atoms with Crippen LogP contribution in [0.25, 0.3) is 0 Å². The van der Waals surface area contributed by atoms with Crippen molar-refractivity contribution in [2.24, 2.45) is 28.6 Å². The van der Waals surface area contributed by atoms with Crippen LogP contribution < -0.4 is 5.32 Å². The fourth-order valence-corrected chi connectivity index (χ4v) is 9.29. The van der Waals surface area contributed by atoms with Gasteiger partial charge in [0.05, 0.1) is 12.5 Å². The molecule has 3 saturated carbocycles. The summed E-state index contributed by atoms with van der Waals surface area (Å²) in [5.41, 5.74) is -0.233. The van der Waals surface area contributed by atoms with Crippen molar-refractivity contribution >= 4 is 23.4 Å². The van der Waals surface area contributed by atoms with Gasteiger partial charge < -0.3 is 20.3 Å². The van der Waals surface area contributed by atoms with Gasteiger partial charge in [-0.25, -0.2) is 0 Å². The average Bonchev–Trinajstić information content (AvgIpc) is 3.22. The molecule has 5 aliphatic carbocycles. The summed E-state index contributed by atoms with van der Waals surface area (Å²) in [4.78, 5) is 50.1. The van der Waals surface area contributed by atoms with Gasteiger partial charge in [0.1, 0.15) is 5.60 Å². The first kappa shape index (κ1) is 30.1. The molecule has 0 aromatic carbocycles. The third-order valence-electron chi connectivity index (χ3n) is 11.6. The highest BCUT2D eigenvalue weighted by Gasteiger charge is 2.68. The van der Waals surface area contributed by atoms with Crippen molar-refractivity contribution in [1.29, 1.82) is 0 Å². The van der Waals surface area contributed by atoms with Gasteiger partial charge in [0.2, 0.25) is 11.7 Å². The SMILES string of the molecule is C[C@]12CCC(=O)C=C1CC[C@H]1[C@H]2[C@@H](O)C[C@@]2(C)[C@@H]1CC[C@]2(O)C(=O)COC(=O)CCC(=O)NCCC1=CCCCC1. The molecule has 0 aliphatic heterocycles. The Balaban J connectivity index is 1.14. The van der Waals surface area contributed by atoms with Gasteiger partial charge in [-0.15, -0.1) is 0 Å². The number of Topliss-reactive ketones (excluding diaryl/α,β-unsaturated/α-hetero) is 1. The maximum absolute atomic E-state index is 13.4. The number of carbonyl (C=O) groups is 4. The van der Waals surface area contributed by atoms with Crippen LogP contribution in [0.5, 0.6) is 0 Å². The molecule has 3 N–H and O–H groups in total. The summed E-state index contributed by atoms with van der Waals surface area (Å²) in [6, 6.07) is 0. The van der Waals surface area contributed by atoms with E-state index in [4.69, 9.17) is 4.74 Å². The van der Waals surface area contributed by atoms with Crippen molar-refractivity contribution < 1.29 is 34.1 Å². The second-order valence-corrected chi connectivity index (χ2v) is 13.8. The molecule has 5 rings (SSSR count). The van der Waals surface area contributed by atoms with E-state index < -0.39 is 35.5 Å². The molecule has 0 saturated heterocycles. The standard InChI is InChI=1S/C33H47NO7/c1-31-15-12-23(35)18-22(31)8-9-24-25-13-16-33(40,32(25,2)19-26(36)30(24)31)27(37)20-41-29(39)11-10-28(38)34-17-14-21-6-4-3-5-7-21/h6,18,24-26,30,36,40H,3-5,7-17,19-20H2,1-2H3,(H,34,38)/t24-,25-,26+,30+,31+,32+,33+/m1/s1. The molecule has 0 bridgehead atoms. The van der Waals surface area contributed by atoms with Crippen molar-refractivity contribution in [3.05, 3.63) is 23.3 Å². The quantitative estimate of drug-likeness (QED) is 0.281. The first-order valence-corrected chi connectivity index (χ1v) is 15.8. The van der Waals surface area contributed by atoms with Crippen molar-refractivity contribution in [3.8, 4) is 0 Å². The van der Waals surface area contributed by atoms with E-state index in [0.717, 1.165) is 44.1 Å². The molecular weight excluding hydrogens is 522 g/mol. The summed E-state index contributed by atoms with van der Waals surface area (Å²) in [6.07, 6.45) is 12.7. The minimum Gasteiger partial charge on any atom is -0.458 e. The van der Waals surface area contributed by atoms with E-state index in [-0.39, 0.29) is 54.1 Å². The lowest BCUT2D eigenvalue weighted by Crippen LogP contribution is -2.62. The lowest BCUT2D eigenvalue weighted by Gasteiger charge is -2.60. The van der Waals surface area contributed by atoms with Gasteiger partial charge in [-0.2, -0.15) is 0 Å². The summed E-state index contributed by atoms with van der Waals surface area (Å²) < 4.78 is 5.25. The number of hydrogen-bond acceptors (Lipinski definition) is 7. The van der Waals surface area contributed by atoms with Gasteiger partial charge >= 0.3 is 5.97 Å². The number of amides is 1. The molecule has 7 atom stereocenters. The van der Waals surface area contributed by atoms with E-state index in [0.29, 0.717) is 25.8 Å². The number of allylic oxidation sites excluding steroid dienone is 2. The normalized spacial score (nSPS) is 38.1. The van der Waals surface area contributed by atoms with Crippen LogP contribution in [0.3, 0.4) is 0 Å². The Morgan fingerprint density at radius 3 is 2.63 bits per heavy atom. The molecule has 3 fully saturated rings. The Bertz CT molecular complexity index is 1140. The first-order chi connectivity index (χ1) is 19.5. The average molecular weight is 570 g/mol. The van der Waals surface area contributed by atoms with Crippen molar-refractivity contribution in [2.45, 2.75) is 115 Å². The molecule has 1 amide bonds. The van der Waals surface area contributed by atoms with Gasteiger partial charge in [-0.3, -0.25) is 19.2 Å². The minimum atomic E-state index is -1.69. The molecular formula is C33H47NO7. The zero-order chi connectivity index (χ0) is 29.4. The molecule has 0 aromatic rings. The molecule has 0 unspecified atom stereocenters. The lowest BCUT2D eigenvalue weighted by atomic mass is 9.45. The Hall–Kier alpha value is -2.32. The number of ketones is 2. The van der Waals surface area contributed by atoms with Gasteiger partial charge in [0.25, 0.3) is 0 Å². The zero-order valence-electron chi connectivity index (χ0n) is 24.7. The first-order valence-electron chi connectivity index (χ1n) is 15.8. The van der Waals surface area contributed by atoms with Gasteiger partial charge in [0.15, 0.2) is 12.4 Å². The summed E-state index contributed by atoms with van der Waals surface area (Å²) >= 11 is 0. The Labute approximate surface area is 243 Å². The number of ether oxygens (including phenoxy) is 1. The number of hydrogen-bond donors (Lipinski definition) is 3. The zero-order valence-corrected chi connectivity index (χ0v) is 24.7. The maximum atomic E-state index is 13.4. The van der Waals surface area contributed by atoms with E-state index in [2.05, 4.69) is 18.3 Å². The number of rotatable bonds is 9. The van der Waals surface area contributed by atoms with Crippen LogP contribution in [0.2, 0.25) is 0 Å². The third kappa shape index (κ3) is 5.58. The summed E-state index contributed by atoms with van der Waals surface area (Å²) in [6.45, 7) is 4.10. The van der Waals surface area contributed by atoms with E-state index in [9.17, 15) is 29.4 Å². The monoisotopic (exact) mass is 569 g/mol. The van der Waals surface area contributed by atoms with E-state index in [1.807, 2.05) is 6.92 Å². The Morgan fingerprint density at radius 1 is 1.07 bits per heavy atom. The molecule has 0 aromatic heterocycles. The highest BCUT2D eigenvalue weighted by Crippen LogP contribution is 2.67. The third-order valence-corrected chi connectivity index (χ3v) is 11.6. The molecule has 5 aliphatic rings. The largest absolute Gasteiger partial charge is 0.458 e. The molecule has 226 valence electrons. The van der Waals surface area contributed by atoms with Crippen molar-refractivity contribution in [1.82, 2.24) is 5.32 Å². The highest BCUT2D eigenvalue weighted by atomic mass is 16.5. The predicted octanol–water partition coefficient (Wildman–Crippen LogP) is 4.12. The fraction of sp³-hybridized carbons (Fsp3) is 0.758. The van der Waals surface area contributed by atoms with Crippen LogP contribution in [0, 0.1) is 28.6 Å². The van der Waals surface area contributed by atoms with Crippen molar-refractivity contribution in [3.63, 3.8) is 0 Å². The molecule has 8 nitrogen and oxygen atoms in total. The van der Waals surface area contributed by atoms with Gasteiger partial charge in [-0.05, 0) is 99.9 Å². The van der Waals surface area contributed by atoms with E-state index in [1.165, 1.54) is 18.4 Å². The number of carbonyl (C=O) groups excluding carboxylic acids is 4. The van der Waals surface area contributed by atoms with Crippen LogP contribution in [0.15, 0.2) is 23.3 Å². The number of esters is 1. The summed E-state index contributed by atoms with van der Waals surface area (Å²) in [5, 5.41) is 26.2. The molecule has 0 radical (unpaired) electrons. The fourth-order valence-electron chi connectivity index (χ4n) is 9.29. The maximum Gasteiger partial charge on any atom is 0.306 e. The van der Waals surface area contributed by atoms with Crippen molar-refractivity contribution in [2.75, 3.05) is 13.2 Å². The highest BCUT2D eigenvalue weighted by molar-refractivity contribution is 5.92. The van der Waals surface area contributed by atoms with Crippen LogP contribution in [-0.2, 0) is 23.9 Å². The smallest absolute Gasteiger partial charge is 0.306 e. The predicted molar refractivity (Wildman–Crippen MR) is 152 cm³/mol. The molecule has 0 heterocycles. The second-order valence-electron chi connectivity index (χ2n) is 13.8. The van der Waals surface area contributed by atoms with Crippen LogP contribution >= 0.6 is 0 Å². The molecule has 41 heavy (non-hydrogen) atoms. The number of aliphatic hydroxyl groups excluding tert-OH is 1. The van der Waals surface area contributed by atoms with Crippen LogP contribution in [-0.4, -0.2) is 58.5 Å². The van der Waals surface area contributed by atoms with Gasteiger partial charge in [0, 0.05) is 24.8 Å². The summed E-state index contributed by atoms with van der Waals surface area (Å²) in [7, 11) is 0. The topological polar surface area (TPSA) is 130 Å².